The zero-order chi connectivity index (χ0) is 16.8. The number of aromatic nitrogens is 2. The summed E-state index contributed by atoms with van der Waals surface area (Å²) in [4.78, 5) is 22.2. The van der Waals surface area contributed by atoms with Crippen molar-refractivity contribution in [1.82, 2.24) is 20.2 Å². The first-order valence-corrected chi connectivity index (χ1v) is 8.62. The van der Waals surface area contributed by atoms with Crippen LogP contribution in [0.2, 0.25) is 5.02 Å². The average Bonchev–Trinajstić information content (AvgIpc) is 3.07. The van der Waals surface area contributed by atoms with Crippen molar-refractivity contribution in [2.75, 3.05) is 20.7 Å². The monoisotopic (exact) mass is 348 g/mol. The number of carbonyl (C=O) groups is 1. The van der Waals surface area contributed by atoms with Gasteiger partial charge in [0, 0.05) is 17.5 Å². The number of benzene rings is 1. The average molecular weight is 349 g/mol. The summed E-state index contributed by atoms with van der Waals surface area (Å²) in [5, 5.41) is 3.83. The van der Waals surface area contributed by atoms with Gasteiger partial charge >= 0.3 is 0 Å². The lowest BCUT2D eigenvalue weighted by molar-refractivity contribution is -0.127. The van der Waals surface area contributed by atoms with Gasteiger partial charge in [-0.25, -0.2) is 4.98 Å². The first-order valence-electron chi connectivity index (χ1n) is 8.24. The van der Waals surface area contributed by atoms with Crippen molar-refractivity contribution in [2.45, 2.75) is 31.0 Å². The second-order valence-electron chi connectivity index (χ2n) is 6.86. The van der Waals surface area contributed by atoms with Crippen LogP contribution in [-0.2, 0) is 16.0 Å². The van der Waals surface area contributed by atoms with Crippen LogP contribution < -0.4 is 5.32 Å². The Labute approximate surface area is 145 Å². The largest absolute Gasteiger partial charge is 0.376 e. The molecule has 6 nitrogen and oxygen atoms in total. The molecule has 1 aliphatic carbocycles. The van der Waals surface area contributed by atoms with Gasteiger partial charge in [0.05, 0.1) is 35.6 Å². The number of rotatable bonds is 4. The molecule has 0 spiro atoms. The van der Waals surface area contributed by atoms with Crippen molar-refractivity contribution < 1.29 is 9.53 Å². The lowest BCUT2D eigenvalue weighted by Gasteiger charge is -2.50. The zero-order valence-corrected chi connectivity index (χ0v) is 14.5. The molecule has 2 aromatic rings. The highest BCUT2D eigenvalue weighted by Gasteiger charge is 2.55. The molecular formula is C17H21ClN4O2. The Balaban J connectivity index is 1.44. The van der Waals surface area contributed by atoms with Crippen LogP contribution in [0.5, 0.6) is 0 Å². The molecule has 4 atom stereocenters. The fraction of sp³-hybridized carbons (Fsp3) is 0.529. The molecule has 0 radical (unpaired) electrons. The Hall–Kier alpha value is -1.63. The Morgan fingerprint density at radius 2 is 2.33 bits per heavy atom. The van der Waals surface area contributed by atoms with Crippen LogP contribution in [0.4, 0.5) is 0 Å². The van der Waals surface area contributed by atoms with Crippen molar-refractivity contribution in [1.29, 1.82) is 0 Å². The molecule has 2 aliphatic rings. The maximum absolute atomic E-state index is 12.5. The van der Waals surface area contributed by atoms with Gasteiger partial charge in [0.1, 0.15) is 5.82 Å². The maximum Gasteiger partial charge on any atom is 0.227 e. The van der Waals surface area contributed by atoms with E-state index in [0.717, 1.165) is 24.1 Å². The molecule has 2 fully saturated rings. The van der Waals surface area contributed by atoms with E-state index in [1.54, 1.807) is 6.07 Å². The number of ether oxygens (including phenoxy) is 1. The van der Waals surface area contributed by atoms with Crippen LogP contribution in [0.25, 0.3) is 11.0 Å². The SMILES string of the molecule is CN(C)[C@@H]1[C@@H](NC(=O)Cc2nc3ccc(Cl)cc3[nH]2)[C@H]2CCO[C@H]21. The second-order valence-corrected chi connectivity index (χ2v) is 7.29. The van der Waals surface area contributed by atoms with Crippen molar-refractivity contribution in [3.05, 3.63) is 29.0 Å². The smallest absolute Gasteiger partial charge is 0.227 e. The third-order valence-electron chi connectivity index (χ3n) is 5.09. The summed E-state index contributed by atoms with van der Waals surface area (Å²) in [5.41, 5.74) is 1.67. The minimum absolute atomic E-state index is 0.0117. The normalized spacial score (nSPS) is 28.8. The Bertz CT molecular complexity index is 775. The van der Waals surface area contributed by atoms with Crippen LogP contribution in [0.15, 0.2) is 18.2 Å². The number of hydrogen-bond acceptors (Lipinski definition) is 4. The number of hydrogen-bond donors (Lipinski definition) is 2. The van der Waals surface area contributed by atoms with Gasteiger partial charge in [-0.2, -0.15) is 0 Å². The maximum atomic E-state index is 12.5. The zero-order valence-electron chi connectivity index (χ0n) is 13.8. The van der Waals surface area contributed by atoms with Crippen LogP contribution in [0.1, 0.15) is 12.2 Å². The van der Waals surface area contributed by atoms with E-state index in [-0.39, 0.29) is 30.5 Å². The molecule has 1 aliphatic heterocycles. The van der Waals surface area contributed by atoms with E-state index in [1.165, 1.54) is 0 Å². The Morgan fingerprint density at radius 3 is 3.12 bits per heavy atom. The van der Waals surface area contributed by atoms with Crippen molar-refractivity contribution in [3.8, 4) is 0 Å². The minimum atomic E-state index is -0.0117. The third-order valence-corrected chi connectivity index (χ3v) is 5.33. The molecule has 1 saturated heterocycles. The van der Waals surface area contributed by atoms with Crippen molar-refractivity contribution in [2.24, 2.45) is 5.92 Å². The van der Waals surface area contributed by atoms with Gasteiger partial charge in [-0.15, -0.1) is 0 Å². The van der Waals surface area contributed by atoms with E-state index in [4.69, 9.17) is 16.3 Å². The van der Waals surface area contributed by atoms with Gasteiger partial charge in [-0.3, -0.25) is 4.79 Å². The van der Waals surface area contributed by atoms with E-state index < -0.39 is 0 Å². The number of nitrogens with one attached hydrogen (secondary N) is 2. The highest BCUT2D eigenvalue weighted by atomic mass is 35.5. The molecule has 128 valence electrons. The van der Waals surface area contributed by atoms with Gasteiger partial charge in [0.15, 0.2) is 0 Å². The van der Waals surface area contributed by atoms with Gasteiger partial charge in [0.25, 0.3) is 0 Å². The standard InChI is InChI=1S/C17H21ClN4O2/c1-22(2)16-15(10-5-6-24-17(10)16)21-14(23)8-13-19-11-4-3-9(18)7-12(11)20-13/h3-4,7,10,15-17H,5-6,8H2,1-2H3,(H,19,20)(H,21,23)/t10-,15+,16-,17-/m1/s1. The van der Waals surface area contributed by atoms with E-state index in [9.17, 15) is 4.79 Å². The van der Waals surface area contributed by atoms with E-state index in [1.807, 2.05) is 26.2 Å². The Kier molecular flexibility index (Phi) is 3.98. The molecule has 24 heavy (non-hydrogen) atoms. The number of carbonyl (C=O) groups excluding carboxylic acids is 1. The summed E-state index contributed by atoms with van der Waals surface area (Å²) in [6.07, 6.45) is 1.50. The predicted octanol–water partition coefficient (Wildman–Crippen LogP) is 1.59. The first-order chi connectivity index (χ1) is 11.5. The minimum Gasteiger partial charge on any atom is -0.376 e. The summed E-state index contributed by atoms with van der Waals surface area (Å²) < 4.78 is 5.78. The van der Waals surface area contributed by atoms with Crippen LogP contribution in [0.3, 0.4) is 0 Å². The number of H-pyrrole nitrogens is 1. The topological polar surface area (TPSA) is 70.2 Å². The Morgan fingerprint density at radius 1 is 1.50 bits per heavy atom. The lowest BCUT2D eigenvalue weighted by atomic mass is 9.71. The number of halogens is 1. The molecular weight excluding hydrogens is 328 g/mol. The van der Waals surface area contributed by atoms with Crippen LogP contribution >= 0.6 is 11.6 Å². The number of imidazole rings is 1. The number of amides is 1. The quantitative estimate of drug-likeness (QED) is 0.880. The summed E-state index contributed by atoms with van der Waals surface area (Å²) >= 11 is 5.98. The van der Waals surface area contributed by atoms with Gasteiger partial charge < -0.3 is 19.9 Å². The highest BCUT2D eigenvalue weighted by molar-refractivity contribution is 6.31. The number of likely N-dealkylation sites (N-methyl/N-ethyl adjacent to an activating group) is 1. The van der Waals surface area contributed by atoms with Crippen molar-refractivity contribution >= 4 is 28.5 Å². The number of nitrogens with zero attached hydrogens (tertiary/aromatic N) is 2. The molecule has 4 rings (SSSR count). The molecule has 1 aromatic carbocycles. The van der Waals surface area contributed by atoms with E-state index >= 15 is 0 Å². The molecule has 0 bridgehead atoms. The number of aromatic amines is 1. The summed E-state index contributed by atoms with van der Waals surface area (Å²) in [6.45, 7) is 0.788. The fourth-order valence-corrected chi connectivity index (χ4v) is 4.16. The second kappa shape index (κ2) is 6.02. The molecule has 2 N–H and O–H groups in total. The number of fused-ring (bicyclic) bond motifs is 2. The van der Waals surface area contributed by atoms with Crippen LogP contribution in [-0.4, -0.2) is 59.7 Å². The van der Waals surface area contributed by atoms with Gasteiger partial charge in [-0.1, -0.05) is 11.6 Å². The van der Waals surface area contributed by atoms with Gasteiger partial charge in [0.2, 0.25) is 5.91 Å². The highest BCUT2D eigenvalue weighted by Crippen LogP contribution is 2.41. The van der Waals surface area contributed by atoms with Gasteiger partial charge in [-0.05, 0) is 38.7 Å². The molecule has 2 heterocycles. The molecule has 0 unspecified atom stereocenters. The van der Waals surface area contributed by atoms with E-state index in [0.29, 0.717) is 16.8 Å². The third kappa shape index (κ3) is 2.68. The van der Waals surface area contributed by atoms with Crippen LogP contribution in [0, 0.1) is 5.92 Å². The van der Waals surface area contributed by atoms with Crippen molar-refractivity contribution in [3.63, 3.8) is 0 Å². The molecule has 1 saturated carbocycles. The molecule has 1 amide bonds. The summed E-state index contributed by atoms with van der Waals surface area (Å²) in [5.74, 6) is 1.07. The molecule has 1 aromatic heterocycles. The summed E-state index contributed by atoms with van der Waals surface area (Å²) in [6, 6.07) is 5.86. The van der Waals surface area contributed by atoms with E-state index in [2.05, 4.69) is 20.2 Å². The fourth-order valence-electron chi connectivity index (χ4n) is 3.99. The lowest BCUT2D eigenvalue weighted by Crippen LogP contribution is -2.69. The molecule has 7 heteroatoms. The predicted molar refractivity (Wildman–Crippen MR) is 92.1 cm³/mol. The first kappa shape index (κ1) is 15.9. The summed E-state index contributed by atoms with van der Waals surface area (Å²) in [7, 11) is 4.06.